The van der Waals surface area contributed by atoms with Crippen molar-refractivity contribution in [2.24, 2.45) is 0 Å². The van der Waals surface area contributed by atoms with Crippen molar-refractivity contribution >= 4 is 74.4 Å². The fourth-order valence-corrected chi connectivity index (χ4v) is 10.1. The van der Waals surface area contributed by atoms with E-state index in [9.17, 15) is 39.6 Å². The van der Waals surface area contributed by atoms with Crippen molar-refractivity contribution in [3.63, 3.8) is 0 Å². The summed E-state index contributed by atoms with van der Waals surface area (Å²) in [6.07, 6.45) is -1.36. The van der Waals surface area contributed by atoms with E-state index in [0.29, 0.717) is 16.3 Å². The molecule has 47 heavy (non-hydrogen) atoms. The number of rotatable bonds is 18. The van der Waals surface area contributed by atoms with Gasteiger partial charge in [0, 0.05) is 50.7 Å². The molecule has 0 spiro atoms. The fourth-order valence-electron chi connectivity index (χ4n) is 5.66. The average molecular weight is 714 g/mol. The summed E-state index contributed by atoms with van der Waals surface area (Å²) < 4.78 is 88.9. The second-order valence-electron chi connectivity index (χ2n) is 11.1. The molecule has 0 aliphatic heterocycles. The van der Waals surface area contributed by atoms with Crippen molar-refractivity contribution in [1.82, 2.24) is 14.2 Å². The van der Waals surface area contributed by atoms with E-state index in [1.165, 1.54) is 18.2 Å². The second-order valence-corrected chi connectivity index (χ2v) is 16.6. The number of aryl methyl sites for hydroxylation is 1. The topological polar surface area (TPSA) is 250 Å². The molecule has 0 heterocycles. The lowest BCUT2D eigenvalue weighted by molar-refractivity contribution is -0.138. The summed E-state index contributed by atoms with van der Waals surface area (Å²) in [4.78, 5) is 32.3. The largest absolute Gasteiger partial charge is 0.481 e. The Kier molecular flexibility index (Phi) is 10.9. The van der Waals surface area contributed by atoms with Gasteiger partial charge in [-0.15, -0.1) is 0 Å². The first-order valence-corrected chi connectivity index (χ1v) is 19.1. The molecule has 15 nitrogen and oxygen atoms in total. The first kappa shape index (κ1) is 36.2. The predicted molar refractivity (Wildman–Crippen MR) is 172 cm³/mol. The van der Waals surface area contributed by atoms with E-state index < -0.39 is 59.6 Å². The van der Waals surface area contributed by atoms with Gasteiger partial charge in [0.25, 0.3) is 0 Å². The number of hydrogen-bond donors (Lipinski definition) is 6. The van der Waals surface area contributed by atoms with E-state index in [1.54, 1.807) is 19.1 Å². The Labute approximate surface area is 271 Å². The van der Waals surface area contributed by atoms with Gasteiger partial charge in [0.05, 0.1) is 9.80 Å². The van der Waals surface area contributed by atoms with Gasteiger partial charge in [-0.2, -0.15) is 0 Å². The van der Waals surface area contributed by atoms with Crippen LogP contribution in [0.3, 0.4) is 0 Å². The van der Waals surface area contributed by atoms with Gasteiger partial charge in [-0.3, -0.25) is 14.4 Å². The molecule has 1 atom stereocenters. The Morgan fingerprint density at radius 3 is 1.77 bits per heavy atom. The highest BCUT2D eigenvalue weighted by molar-refractivity contribution is 7.98. The lowest BCUT2D eigenvalue weighted by Crippen LogP contribution is -2.37. The monoisotopic (exact) mass is 713 g/mol. The van der Waals surface area contributed by atoms with Crippen LogP contribution in [0.5, 0.6) is 0 Å². The van der Waals surface area contributed by atoms with E-state index in [4.69, 9.17) is 15.3 Å². The first-order valence-electron chi connectivity index (χ1n) is 14.6. The van der Waals surface area contributed by atoms with Crippen LogP contribution in [0.4, 0.5) is 0 Å². The number of aliphatic carboxylic acids is 3. The summed E-state index contributed by atoms with van der Waals surface area (Å²) in [7, 11) is -12.9. The molecule has 6 N–H and O–H groups in total. The molecule has 0 radical (unpaired) electrons. The van der Waals surface area contributed by atoms with Gasteiger partial charge < -0.3 is 15.3 Å². The standard InChI is InChI=1S/C29H35N3O12S3/c1-17-15-22(45(39,40)30-12-2-5-25(33)34)19-10-11-21-24(47(43,44)32-14-4-7-27(37)38)16-23(20-9-8-18(17)28(19)29(20)21)46(41,42)31-13-3-6-26(35)36/h8-11,15,23,30-32H,2-7,12-14,16H2,1H3,(H,33,34)(H,35,36)(H,37,38). The van der Waals surface area contributed by atoms with Crippen LogP contribution in [0, 0.1) is 6.92 Å². The number of nitrogens with one attached hydrogen (secondary N) is 3. The molecule has 0 saturated heterocycles. The highest BCUT2D eigenvalue weighted by atomic mass is 32.2. The van der Waals surface area contributed by atoms with Gasteiger partial charge in [-0.05, 0) is 64.8 Å². The van der Waals surface area contributed by atoms with Crippen LogP contribution in [0.2, 0.25) is 0 Å². The van der Waals surface area contributed by atoms with Crippen molar-refractivity contribution in [3.8, 4) is 0 Å². The molecule has 0 bridgehead atoms. The summed E-state index contributed by atoms with van der Waals surface area (Å²) in [5.74, 6) is -3.32. The molecule has 256 valence electrons. The quantitative estimate of drug-likeness (QED) is 0.102. The Hall–Kier alpha value is -3.68. The Morgan fingerprint density at radius 1 is 0.702 bits per heavy atom. The molecule has 1 unspecified atom stereocenters. The summed E-state index contributed by atoms with van der Waals surface area (Å²) in [5.41, 5.74) is 0.720. The Morgan fingerprint density at radius 2 is 1.21 bits per heavy atom. The van der Waals surface area contributed by atoms with Crippen LogP contribution >= 0.6 is 0 Å². The van der Waals surface area contributed by atoms with E-state index in [-0.39, 0.29) is 89.5 Å². The van der Waals surface area contributed by atoms with E-state index in [1.807, 2.05) is 0 Å². The van der Waals surface area contributed by atoms with E-state index >= 15 is 0 Å². The number of benzene rings is 3. The second kappa shape index (κ2) is 14.2. The van der Waals surface area contributed by atoms with Gasteiger partial charge in [-0.25, -0.2) is 39.4 Å². The van der Waals surface area contributed by atoms with Gasteiger partial charge in [0.15, 0.2) is 0 Å². The van der Waals surface area contributed by atoms with Gasteiger partial charge >= 0.3 is 17.9 Å². The van der Waals surface area contributed by atoms with Crippen LogP contribution in [0.15, 0.2) is 35.2 Å². The molecule has 0 fully saturated rings. The van der Waals surface area contributed by atoms with Crippen LogP contribution in [0.1, 0.15) is 61.3 Å². The molecule has 1 aliphatic carbocycles. The zero-order valence-corrected chi connectivity index (χ0v) is 27.7. The smallest absolute Gasteiger partial charge is 0.303 e. The molecule has 1 aliphatic rings. The minimum absolute atomic E-state index is 0.0179. The normalized spacial score (nSPS) is 15.3. The lowest BCUT2D eigenvalue weighted by atomic mass is 9.88. The third kappa shape index (κ3) is 8.07. The van der Waals surface area contributed by atoms with Crippen molar-refractivity contribution in [3.05, 3.63) is 46.7 Å². The van der Waals surface area contributed by atoms with Crippen LogP contribution in [-0.4, -0.2) is 78.1 Å². The Balaban J connectivity index is 1.94. The van der Waals surface area contributed by atoms with Crippen LogP contribution in [-0.2, 0) is 44.5 Å². The fraction of sp³-hybridized carbons (Fsp3) is 0.414. The molecular weight excluding hydrogens is 679 g/mol. The molecule has 18 heteroatoms. The summed E-state index contributed by atoms with van der Waals surface area (Å²) in [6, 6.07) is 7.48. The van der Waals surface area contributed by atoms with Crippen molar-refractivity contribution in [2.75, 3.05) is 19.6 Å². The minimum Gasteiger partial charge on any atom is -0.481 e. The van der Waals surface area contributed by atoms with Gasteiger partial charge in [0.1, 0.15) is 5.25 Å². The van der Waals surface area contributed by atoms with Crippen molar-refractivity contribution in [2.45, 2.75) is 62.0 Å². The van der Waals surface area contributed by atoms with Crippen LogP contribution in [0.25, 0.3) is 26.5 Å². The zero-order chi connectivity index (χ0) is 34.7. The maximum Gasteiger partial charge on any atom is 0.303 e. The SMILES string of the molecule is Cc1cc(S(=O)(=O)NCCCC(=O)O)c2ccc3c4c(ccc1c24)C(S(=O)(=O)NCCCC(=O)O)CC=3S(=O)(=O)NCCCC(=O)O. The molecule has 0 amide bonds. The zero-order valence-electron chi connectivity index (χ0n) is 25.3. The molecule has 4 rings (SSSR count). The van der Waals surface area contributed by atoms with Crippen LogP contribution < -0.4 is 19.4 Å². The molecular formula is C29H35N3O12S3. The number of hydrogen-bond acceptors (Lipinski definition) is 9. The maximum atomic E-state index is 13.7. The third-order valence-electron chi connectivity index (χ3n) is 7.83. The number of carboxylic acid groups (broad SMARTS) is 3. The molecule has 0 saturated carbocycles. The van der Waals surface area contributed by atoms with Gasteiger partial charge in [0.2, 0.25) is 30.1 Å². The molecule has 3 aromatic rings. The number of sulfonamides is 3. The third-order valence-corrected chi connectivity index (χ3v) is 12.7. The predicted octanol–water partition coefficient (Wildman–Crippen LogP) is 1.28. The molecule has 0 aromatic heterocycles. The minimum atomic E-state index is -4.39. The highest BCUT2D eigenvalue weighted by Crippen LogP contribution is 2.42. The summed E-state index contributed by atoms with van der Waals surface area (Å²) in [5, 5.41) is 26.7. The molecule has 3 aromatic carbocycles. The summed E-state index contributed by atoms with van der Waals surface area (Å²) >= 11 is 0. The van der Waals surface area contributed by atoms with E-state index in [0.717, 1.165) is 0 Å². The average Bonchev–Trinajstić information content (AvgIpc) is 2.98. The summed E-state index contributed by atoms with van der Waals surface area (Å²) in [6.45, 7) is 1.04. The first-order chi connectivity index (χ1) is 22.0. The Bertz CT molecular complexity index is 2130. The lowest BCUT2D eigenvalue weighted by Gasteiger charge is -2.27. The van der Waals surface area contributed by atoms with Crippen molar-refractivity contribution < 1.29 is 55.0 Å². The highest BCUT2D eigenvalue weighted by Gasteiger charge is 2.37. The van der Waals surface area contributed by atoms with E-state index in [2.05, 4.69) is 14.2 Å². The maximum absolute atomic E-state index is 13.7. The van der Waals surface area contributed by atoms with Gasteiger partial charge in [-0.1, -0.05) is 24.3 Å². The number of carboxylic acids is 3. The van der Waals surface area contributed by atoms with Crippen molar-refractivity contribution in [1.29, 1.82) is 0 Å². The number of carbonyl (C=O) groups is 3.